The van der Waals surface area contributed by atoms with Crippen LogP contribution in [0.5, 0.6) is 0 Å². The second kappa shape index (κ2) is 5.99. The molecule has 1 saturated heterocycles. The minimum Gasteiger partial charge on any atom is -0.372 e. The molecular weight excluding hydrogens is 246 g/mol. The van der Waals surface area contributed by atoms with Crippen molar-refractivity contribution in [2.24, 2.45) is 0 Å². The van der Waals surface area contributed by atoms with E-state index < -0.39 is 0 Å². The maximum Gasteiger partial charge on any atom is 0.185 e. The minimum absolute atomic E-state index is 0.285. The van der Waals surface area contributed by atoms with E-state index >= 15 is 0 Å². The van der Waals surface area contributed by atoms with Crippen LogP contribution in [0.4, 0.5) is 5.13 Å². The van der Waals surface area contributed by atoms with E-state index in [1.807, 2.05) is 0 Å². The van der Waals surface area contributed by atoms with Crippen LogP contribution in [0, 0.1) is 0 Å². The molecule has 1 unspecified atom stereocenters. The van der Waals surface area contributed by atoms with Gasteiger partial charge in [-0.3, -0.25) is 0 Å². The highest BCUT2D eigenvalue weighted by Gasteiger charge is 2.24. The van der Waals surface area contributed by atoms with E-state index in [0.29, 0.717) is 6.04 Å². The summed E-state index contributed by atoms with van der Waals surface area (Å²) >= 11 is 1.73. The van der Waals surface area contributed by atoms with Crippen molar-refractivity contribution >= 4 is 16.5 Å². The number of ether oxygens (including phenoxy) is 1. The van der Waals surface area contributed by atoms with E-state index in [9.17, 15) is 0 Å². The van der Waals surface area contributed by atoms with Gasteiger partial charge in [0, 0.05) is 24.5 Å². The van der Waals surface area contributed by atoms with Crippen LogP contribution in [0.2, 0.25) is 0 Å². The largest absolute Gasteiger partial charge is 0.372 e. The van der Waals surface area contributed by atoms with E-state index in [4.69, 9.17) is 9.72 Å². The molecule has 1 aromatic rings. The van der Waals surface area contributed by atoms with Crippen LogP contribution >= 0.6 is 11.3 Å². The molecule has 2 rings (SSSR count). The number of rotatable bonds is 4. The fraction of sp³-hybridized carbons (Fsp3) is 0.769. The quantitative estimate of drug-likeness (QED) is 0.911. The van der Waals surface area contributed by atoms with Gasteiger partial charge in [-0.15, -0.1) is 11.3 Å². The van der Waals surface area contributed by atoms with E-state index in [1.54, 1.807) is 11.3 Å². The molecule has 1 aliphatic heterocycles. The molecule has 0 bridgehead atoms. The van der Waals surface area contributed by atoms with Gasteiger partial charge in [-0.1, -0.05) is 6.92 Å². The fourth-order valence-corrected chi connectivity index (χ4v) is 3.30. The number of hydrogen-bond acceptors (Lipinski definition) is 5. The van der Waals surface area contributed by atoms with Gasteiger partial charge in [0.05, 0.1) is 17.9 Å². The summed E-state index contributed by atoms with van der Waals surface area (Å²) in [6.45, 7) is 11.4. The molecule has 0 saturated carbocycles. The number of morpholine rings is 1. The summed E-state index contributed by atoms with van der Waals surface area (Å²) in [6.07, 6.45) is 0.569. The Labute approximate surface area is 113 Å². The summed E-state index contributed by atoms with van der Waals surface area (Å²) in [4.78, 5) is 7.09. The number of hydrogen-bond donors (Lipinski definition) is 1. The van der Waals surface area contributed by atoms with Crippen LogP contribution in [0.3, 0.4) is 0 Å². The van der Waals surface area contributed by atoms with Gasteiger partial charge in [0.1, 0.15) is 0 Å². The standard InChI is InChI=1S/C13H23N3OS/c1-5-14-11(4)12-8-18-13(15-12)16-6-9(2)17-10(3)7-16/h8-11,14H,5-7H2,1-4H3/t9-,10+,11?. The van der Waals surface area contributed by atoms with Crippen molar-refractivity contribution in [1.82, 2.24) is 10.3 Å². The average molecular weight is 269 g/mol. The second-order valence-corrected chi connectivity index (χ2v) is 5.83. The van der Waals surface area contributed by atoms with Crippen LogP contribution in [0.1, 0.15) is 39.4 Å². The molecule has 0 radical (unpaired) electrons. The Kier molecular flexibility index (Phi) is 4.59. The Morgan fingerprint density at radius 3 is 2.78 bits per heavy atom. The molecule has 0 amide bonds. The Balaban J connectivity index is 2.05. The molecule has 18 heavy (non-hydrogen) atoms. The van der Waals surface area contributed by atoms with Crippen LogP contribution in [-0.2, 0) is 4.74 Å². The van der Waals surface area contributed by atoms with Crippen molar-refractivity contribution in [2.75, 3.05) is 24.5 Å². The number of nitrogens with zero attached hydrogens (tertiary/aromatic N) is 2. The normalized spacial score (nSPS) is 26.3. The molecule has 0 aromatic carbocycles. The van der Waals surface area contributed by atoms with Crippen molar-refractivity contribution in [3.05, 3.63) is 11.1 Å². The molecule has 102 valence electrons. The molecule has 0 aliphatic carbocycles. The summed E-state index contributed by atoms with van der Waals surface area (Å²) in [5.74, 6) is 0. The summed E-state index contributed by atoms with van der Waals surface area (Å²) in [7, 11) is 0. The predicted octanol–water partition coefficient (Wildman–Crippen LogP) is 2.43. The molecule has 1 aliphatic rings. The van der Waals surface area contributed by atoms with Crippen LogP contribution in [-0.4, -0.2) is 36.8 Å². The lowest BCUT2D eigenvalue weighted by Crippen LogP contribution is -2.45. The average Bonchev–Trinajstić information content (AvgIpc) is 2.77. The Hall–Kier alpha value is -0.650. The smallest absolute Gasteiger partial charge is 0.185 e. The molecular formula is C13H23N3OS. The van der Waals surface area contributed by atoms with E-state index in [1.165, 1.54) is 0 Å². The lowest BCUT2D eigenvalue weighted by molar-refractivity contribution is -0.00523. The molecule has 5 heteroatoms. The molecule has 3 atom stereocenters. The van der Waals surface area contributed by atoms with Crippen molar-refractivity contribution < 1.29 is 4.74 Å². The van der Waals surface area contributed by atoms with Gasteiger partial charge in [-0.25, -0.2) is 4.98 Å². The van der Waals surface area contributed by atoms with Gasteiger partial charge >= 0.3 is 0 Å². The first-order valence-corrected chi connectivity index (χ1v) is 7.57. The third-order valence-corrected chi connectivity index (χ3v) is 4.07. The maximum atomic E-state index is 5.75. The minimum atomic E-state index is 0.285. The number of nitrogens with one attached hydrogen (secondary N) is 1. The van der Waals surface area contributed by atoms with Gasteiger partial charge in [0.2, 0.25) is 0 Å². The number of aromatic nitrogens is 1. The lowest BCUT2D eigenvalue weighted by Gasteiger charge is -2.35. The van der Waals surface area contributed by atoms with Crippen LogP contribution in [0.25, 0.3) is 0 Å². The Morgan fingerprint density at radius 1 is 1.50 bits per heavy atom. The van der Waals surface area contributed by atoms with Crippen molar-refractivity contribution in [3.63, 3.8) is 0 Å². The van der Waals surface area contributed by atoms with E-state index in [0.717, 1.165) is 30.5 Å². The van der Waals surface area contributed by atoms with Gasteiger partial charge < -0.3 is 15.0 Å². The first-order valence-electron chi connectivity index (χ1n) is 6.69. The van der Waals surface area contributed by atoms with Crippen LogP contribution in [0.15, 0.2) is 5.38 Å². The maximum absolute atomic E-state index is 5.75. The summed E-state index contributed by atoms with van der Waals surface area (Å²) < 4.78 is 5.75. The fourth-order valence-electron chi connectivity index (χ4n) is 2.37. The van der Waals surface area contributed by atoms with Gasteiger partial charge in [0.15, 0.2) is 5.13 Å². The van der Waals surface area contributed by atoms with Crippen LogP contribution < -0.4 is 10.2 Å². The van der Waals surface area contributed by atoms with Crippen molar-refractivity contribution in [1.29, 1.82) is 0 Å². The summed E-state index contributed by atoms with van der Waals surface area (Å²) in [6, 6.07) is 0.330. The summed E-state index contributed by atoms with van der Waals surface area (Å²) in [5.41, 5.74) is 1.14. The van der Waals surface area contributed by atoms with Gasteiger partial charge in [-0.05, 0) is 27.3 Å². The lowest BCUT2D eigenvalue weighted by atomic mass is 10.2. The van der Waals surface area contributed by atoms with E-state index in [2.05, 4.69) is 43.3 Å². The number of anilines is 1. The predicted molar refractivity (Wildman–Crippen MR) is 76.4 cm³/mol. The first-order chi connectivity index (χ1) is 8.60. The molecule has 1 N–H and O–H groups in total. The SMILES string of the molecule is CCNC(C)c1csc(N2C[C@@H](C)O[C@@H](C)C2)n1. The summed E-state index contributed by atoms with van der Waals surface area (Å²) in [5, 5.41) is 6.68. The highest BCUT2D eigenvalue weighted by molar-refractivity contribution is 7.13. The van der Waals surface area contributed by atoms with Gasteiger partial charge in [0.25, 0.3) is 0 Å². The second-order valence-electron chi connectivity index (χ2n) is 5.00. The highest BCUT2D eigenvalue weighted by atomic mass is 32.1. The molecule has 4 nitrogen and oxygen atoms in total. The van der Waals surface area contributed by atoms with Gasteiger partial charge in [-0.2, -0.15) is 0 Å². The molecule has 2 heterocycles. The third-order valence-electron chi connectivity index (χ3n) is 3.15. The molecule has 1 fully saturated rings. The molecule has 0 spiro atoms. The van der Waals surface area contributed by atoms with E-state index in [-0.39, 0.29) is 12.2 Å². The zero-order valence-corrected chi connectivity index (χ0v) is 12.5. The zero-order valence-electron chi connectivity index (χ0n) is 11.6. The first kappa shape index (κ1) is 13.8. The topological polar surface area (TPSA) is 37.4 Å². The Bertz CT molecular complexity index is 372. The third kappa shape index (κ3) is 3.22. The number of thiazole rings is 1. The monoisotopic (exact) mass is 269 g/mol. The molecule has 1 aromatic heterocycles. The van der Waals surface area contributed by atoms with Crippen molar-refractivity contribution in [2.45, 2.75) is 45.9 Å². The zero-order chi connectivity index (χ0) is 13.1. The Morgan fingerprint density at radius 2 is 2.17 bits per heavy atom. The van der Waals surface area contributed by atoms with Crippen molar-refractivity contribution in [3.8, 4) is 0 Å². The highest BCUT2D eigenvalue weighted by Crippen LogP contribution is 2.26.